The van der Waals surface area contributed by atoms with Gasteiger partial charge in [0.1, 0.15) is 0 Å². The summed E-state index contributed by atoms with van der Waals surface area (Å²) in [7, 11) is 0. The lowest BCUT2D eigenvalue weighted by Crippen LogP contribution is -2.41. The largest absolute Gasteiger partial charge is 0.356 e. The second-order valence-corrected chi connectivity index (χ2v) is 7.99. The molecule has 0 bridgehead atoms. The van der Waals surface area contributed by atoms with Crippen molar-refractivity contribution in [3.05, 3.63) is 45.9 Å². The van der Waals surface area contributed by atoms with Crippen molar-refractivity contribution in [3.63, 3.8) is 0 Å². The molecular formula is C18H22BrN3OS. The van der Waals surface area contributed by atoms with E-state index in [9.17, 15) is 4.79 Å². The number of nitrogens with one attached hydrogen (secondary N) is 1. The third kappa shape index (κ3) is 5.05. The molecule has 1 amide bonds. The molecule has 0 radical (unpaired) electrons. The minimum absolute atomic E-state index is 0.143. The maximum absolute atomic E-state index is 12.1. The Morgan fingerprint density at radius 3 is 2.96 bits per heavy atom. The standard InChI is InChI=1S/C18H22BrN3OS/c19-16-6-3-14(4-7-16)5-8-17(23)21-12-15-2-1-10-22(13-15)18-20-9-11-24-18/h3-4,6-7,9,11,15H,1-2,5,8,10,12-13H2,(H,21,23)/t15-/m1/s1. The third-order valence-corrected chi connectivity index (χ3v) is 5.71. The summed E-state index contributed by atoms with van der Waals surface area (Å²) in [5.41, 5.74) is 1.20. The zero-order valence-corrected chi connectivity index (χ0v) is 16.0. The van der Waals surface area contributed by atoms with Crippen molar-refractivity contribution in [2.24, 2.45) is 5.92 Å². The van der Waals surface area contributed by atoms with Crippen LogP contribution in [0.4, 0.5) is 5.13 Å². The summed E-state index contributed by atoms with van der Waals surface area (Å²) in [6, 6.07) is 8.15. The first-order valence-corrected chi connectivity index (χ1v) is 10.0. The van der Waals surface area contributed by atoms with Crippen LogP contribution in [0.2, 0.25) is 0 Å². The highest BCUT2D eigenvalue weighted by Gasteiger charge is 2.21. The van der Waals surface area contributed by atoms with Crippen LogP contribution in [0.5, 0.6) is 0 Å². The van der Waals surface area contributed by atoms with E-state index >= 15 is 0 Å². The van der Waals surface area contributed by atoms with Crippen molar-refractivity contribution in [2.75, 3.05) is 24.5 Å². The van der Waals surface area contributed by atoms with Gasteiger partial charge in [-0.1, -0.05) is 28.1 Å². The van der Waals surface area contributed by atoms with Crippen molar-refractivity contribution in [2.45, 2.75) is 25.7 Å². The molecule has 24 heavy (non-hydrogen) atoms. The summed E-state index contributed by atoms with van der Waals surface area (Å²) in [5, 5.41) is 6.22. The van der Waals surface area contributed by atoms with E-state index in [2.05, 4.69) is 43.3 Å². The summed E-state index contributed by atoms with van der Waals surface area (Å²) in [5.74, 6) is 0.656. The van der Waals surface area contributed by atoms with E-state index in [1.807, 2.05) is 23.7 Å². The lowest BCUT2D eigenvalue weighted by molar-refractivity contribution is -0.121. The zero-order valence-electron chi connectivity index (χ0n) is 13.6. The molecule has 1 aromatic heterocycles. The molecule has 128 valence electrons. The number of rotatable bonds is 6. The zero-order chi connectivity index (χ0) is 16.8. The maximum Gasteiger partial charge on any atom is 0.220 e. The number of aromatic nitrogens is 1. The number of amides is 1. The van der Waals surface area contributed by atoms with Crippen LogP contribution in [-0.2, 0) is 11.2 Å². The van der Waals surface area contributed by atoms with Crippen molar-refractivity contribution in [1.29, 1.82) is 0 Å². The van der Waals surface area contributed by atoms with E-state index in [-0.39, 0.29) is 5.91 Å². The van der Waals surface area contributed by atoms with Crippen molar-refractivity contribution in [1.82, 2.24) is 10.3 Å². The van der Waals surface area contributed by atoms with Gasteiger partial charge in [-0.3, -0.25) is 4.79 Å². The average Bonchev–Trinajstić information content (AvgIpc) is 3.14. The van der Waals surface area contributed by atoms with E-state index < -0.39 is 0 Å². The molecule has 6 heteroatoms. The van der Waals surface area contributed by atoms with Gasteiger partial charge < -0.3 is 10.2 Å². The SMILES string of the molecule is O=C(CCc1ccc(Br)cc1)NC[C@H]1CCCN(c2nccs2)C1. The summed E-state index contributed by atoms with van der Waals surface area (Å²) in [6.45, 7) is 2.82. The van der Waals surface area contributed by atoms with Crippen LogP contribution >= 0.6 is 27.3 Å². The number of thiazole rings is 1. The predicted molar refractivity (Wildman–Crippen MR) is 103 cm³/mol. The third-order valence-electron chi connectivity index (χ3n) is 4.35. The number of aryl methyl sites for hydroxylation is 1. The molecule has 4 nitrogen and oxygen atoms in total. The Hall–Kier alpha value is -1.40. The molecule has 2 aromatic rings. The fraction of sp³-hybridized carbons (Fsp3) is 0.444. The van der Waals surface area contributed by atoms with E-state index in [1.54, 1.807) is 11.3 Å². The molecule has 3 rings (SSSR count). The van der Waals surface area contributed by atoms with Gasteiger partial charge in [0, 0.05) is 42.1 Å². The smallest absolute Gasteiger partial charge is 0.220 e. The Morgan fingerprint density at radius 2 is 2.21 bits per heavy atom. The van der Waals surface area contributed by atoms with Gasteiger partial charge in [0.2, 0.25) is 5.91 Å². The molecule has 2 heterocycles. The number of piperidine rings is 1. The number of halogens is 1. The molecule has 0 aliphatic carbocycles. The van der Waals surface area contributed by atoms with Crippen molar-refractivity contribution < 1.29 is 4.79 Å². The van der Waals surface area contributed by atoms with E-state index in [4.69, 9.17) is 0 Å². The molecular weight excluding hydrogens is 386 g/mol. The fourth-order valence-corrected chi connectivity index (χ4v) is 3.98. The fourth-order valence-electron chi connectivity index (χ4n) is 3.03. The lowest BCUT2D eigenvalue weighted by atomic mass is 9.98. The Morgan fingerprint density at radius 1 is 1.38 bits per heavy atom. The van der Waals surface area contributed by atoms with Crippen molar-refractivity contribution >= 4 is 38.3 Å². The minimum atomic E-state index is 0.143. The highest BCUT2D eigenvalue weighted by molar-refractivity contribution is 9.10. The highest BCUT2D eigenvalue weighted by Crippen LogP contribution is 2.24. The first-order valence-electron chi connectivity index (χ1n) is 8.36. The maximum atomic E-state index is 12.1. The molecule has 1 N–H and O–H groups in total. The molecule has 1 fully saturated rings. The Kier molecular flexibility index (Phi) is 6.26. The second kappa shape index (κ2) is 8.62. The normalized spacial score (nSPS) is 17.7. The summed E-state index contributed by atoms with van der Waals surface area (Å²) in [4.78, 5) is 18.8. The van der Waals surface area contributed by atoms with Crippen LogP contribution in [0, 0.1) is 5.92 Å². The highest BCUT2D eigenvalue weighted by atomic mass is 79.9. The van der Waals surface area contributed by atoms with Crippen LogP contribution in [0.25, 0.3) is 0 Å². The molecule has 1 aliphatic heterocycles. The molecule has 1 aliphatic rings. The topological polar surface area (TPSA) is 45.2 Å². The number of nitrogens with zero attached hydrogens (tertiary/aromatic N) is 2. The van der Waals surface area contributed by atoms with Crippen LogP contribution in [0.1, 0.15) is 24.8 Å². The van der Waals surface area contributed by atoms with E-state index in [0.717, 1.165) is 35.7 Å². The van der Waals surface area contributed by atoms with Crippen LogP contribution in [0.15, 0.2) is 40.3 Å². The van der Waals surface area contributed by atoms with Crippen LogP contribution < -0.4 is 10.2 Å². The summed E-state index contributed by atoms with van der Waals surface area (Å²) in [6.07, 6.45) is 5.53. The molecule has 0 spiro atoms. The molecule has 1 aromatic carbocycles. The predicted octanol–water partition coefficient (Wildman–Crippen LogP) is 3.87. The van der Waals surface area contributed by atoms with Gasteiger partial charge in [0.15, 0.2) is 5.13 Å². The van der Waals surface area contributed by atoms with E-state index in [1.165, 1.54) is 18.4 Å². The van der Waals surface area contributed by atoms with Crippen molar-refractivity contribution in [3.8, 4) is 0 Å². The Labute approximate surface area is 155 Å². The van der Waals surface area contributed by atoms with Gasteiger partial charge in [-0.25, -0.2) is 4.98 Å². The number of hydrogen-bond donors (Lipinski definition) is 1. The van der Waals surface area contributed by atoms with Gasteiger partial charge in [-0.15, -0.1) is 11.3 Å². The average molecular weight is 408 g/mol. The number of carbonyl (C=O) groups excluding carboxylic acids is 1. The molecule has 1 saturated heterocycles. The first-order chi connectivity index (χ1) is 11.7. The van der Waals surface area contributed by atoms with Gasteiger partial charge in [-0.05, 0) is 42.9 Å². The van der Waals surface area contributed by atoms with Gasteiger partial charge in [0.05, 0.1) is 0 Å². The molecule has 0 unspecified atom stereocenters. The molecule has 0 saturated carbocycles. The second-order valence-electron chi connectivity index (χ2n) is 6.20. The number of anilines is 1. The number of benzene rings is 1. The van der Waals surface area contributed by atoms with Gasteiger partial charge in [-0.2, -0.15) is 0 Å². The summed E-state index contributed by atoms with van der Waals surface area (Å²) < 4.78 is 1.07. The van der Waals surface area contributed by atoms with Gasteiger partial charge >= 0.3 is 0 Å². The molecule has 1 atom stereocenters. The Balaban J connectivity index is 1.40. The number of carbonyl (C=O) groups is 1. The minimum Gasteiger partial charge on any atom is -0.356 e. The van der Waals surface area contributed by atoms with Gasteiger partial charge in [0.25, 0.3) is 0 Å². The number of hydrogen-bond acceptors (Lipinski definition) is 4. The van der Waals surface area contributed by atoms with Crippen LogP contribution in [-0.4, -0.2) is 30.5 Å². The van der Waals surface area contributed by atoms with Crippen LogP contribution in [0.3, 0.4) is 0 Å². The first kappa shape index (κ1) is 17.4. The quantitative estimate of drug-likeness (QED) is 0.789. The lowest BCUT2D eigenvalue weighted by Gasteiger charge is -2.32. The van der Waals surface area contributed by atoms with E-state index in [0.29, 0.717) is 12.3 Å². The monoisotopic (exact) mass is 407 g/mol. The summed E-state index contributed by atoms with van der Waals surface area (Å²) >= 11 is 5.11. The Bertz CT molecular complexity index is 645.